The molecule has 7 nitrogen and oxygen atoms in total. The molecule has 0 aliphatic carbocycles. The predicted octanol–water partition coefficient (Wildman–Crippen LogP) is 3.54. The normalized spacial score (nSPS) is 14.4. The summed E-state index contributed by atoms with van der Waals surface area (Å²) in [5, 5.41) is 2.88. The van der Waals surface area contributed by atoms with Crippen molar-refractivity contribution in [1.82, 2.24) is 4.72 Å². The average Bonchev–Trinajstić information content (AvgIpc) is 3.14. The lowest BCUT2D eigenvalue weighted by atomic mass is 10.0. The second-order valence-corrected chi connectivity index (χ2v) is 10.5. The molecular weight excluding hydrogens is 426 g/mol. The third kappa shape index (κ3) is 5.19. The number of carbonyl (C=O) groups excluding carboxylic acids is 2. The molecule has 3 rings (SSSR count). The Kier molecular flexibility index (Phi) is 7.05. The Labute approximate surface area is 190 Å². The monoisotopic (exact) mass is 457 g/mol. The number of hydrogen-bond donors (Lipinski definition) is 2. The van der Waals surface area contributed by atoms with E-state index in [2.05, 4.69) is 10.0 Å². The van der Waals surface area contributed by atoms with Gasteiger partial charge in [-0.15, -0.1) is 0 Å². The third-order valence-corrected chi connectivity index (χ3v) is 7.29. The zero-order valence-electron chi connectivity index (χ0n) is 19.2. The van der Waals surface area contributed by atoms with E-state index in [0.29, 0.717) is 25.1 Å². The largest absolute Gasteiger partial charge is 0.324 e. The molecule has 0 saturated heterocycles. The fourth-order valence-corrected chi connectivity index (χ4v) is 5.17. The molecule has 1 heterocycles. The smallest absolute Gasteiger partial charge is 0.242 e. The Morgan fingerprint density at radius 2 is 1.84 bits per heavy atom. The Morgan fingerprint density at radius 1 is 1.12 bits per heavy atom. The van der Waals surface area contributed by atoms with Crippen molar-refractivity contribution in [3.8, 4) is 0 Å². The van der Waals surface area contributed by atoms with Crippen molar-refractivity contribution in [1.29, 1.82) is 0 Å². The minimum absolute atomic E-state index is 0.0717. The lowest BCUT2D eigenvalue weighted by Gasteiger charge is -2.21. The first-order valence-corrected chi connectivity index (χ1v) is 12.3. The quantitative estimate of drug-likeness (QED) is 0.665. The van der Waals surface area contributed by atoms with Crippen LogP contribution < -0.4 is 14.9 Å². The summed E-state index contributed by atoms with van der Waals surface area (Å²) >= 11 is 0. The highest BCUT2D eigenvalue weighted by Gasteiger charge is 2.29. The minimum atomic E-state index is -3.93. The maximum Gasteiger partial charge on any atom is 0.242 e. The molecule has 1 atom stereocenters. The molecule has 0 spiro atoms. The van der Waals surface area contributed by atoms with Crippen LogP contribution >= 0.6 is 0 Å². The molecule has 2 aromatic rings. The van der Waals surface area contributed by atoms with Gasteiger partial charge in [0.15, 0.2) is 0 Å². The number of fused-ring (bicyclic) bond motifs is 1. The second kappa shape index (κ2) is 9.42. The summed E-state index contributed by atoms with van der Waals surface area (Å²) in [6.45, 7) is 9.79. The highest BCUT2D eigenvalue weighted by Crippen LogP contribution is 2.30. The summed E-state index contributed by atoms with van der Waals surface area (Å²) in [5.41, 5.74) is 4.21. The van der Waals surface area contributed by atoms with Gasteiger partial charge in [0.2, 0.25) is 21.8 Å². The van der Waals surface area contributed by atoms with Crippen LogP contribution in [0.5, 0.6) is 0 Å². The number of hydrogen-bond acceptors (Lipinski definition) is 4. The van der Waals surface area contributed by atoms with Crippen molar-refractivity contribution in [3.63, 3.8) is 0 Å². The van der Waals surface area contributed by atoms with E-state index in [0.717, 1.165) is 22.4 Å². The number of amides is 2. The molecule has 2 amide bonds. The molecule has 1 aliphatic rings. The molecule has 0 radical (unpaired) electrons. The molecule has 1 aliphatic heterocycles. The standard InChI is InChI=1S/C24H31N3O4S/c1-15(2)13-22(24(29)25-21-8-6-7-16(3)17(21)4)26-32(30,31)20-9-10-23-19(14-20)11-12-27(23)18(5)28/h6-10,14-15,22,26H,11-13H2,1-5H3,(H,25,29)/t22-/m0/s1. The van der Waals surface area contributed by atoms with Gasteiger partial charge in [0.25, 0.3) is 0 Å². The second-order valence-electron chi connectivity index (χ2n) is 8.75. The first kappa shape index (κ1) is 23.9. The van der Waals surface area contributed by atoms with E-state index in [1.807, 2.05) is 45.9 Å². The lowest BCUT2D eigenvalue weighted by Crippen LogP contribution is -2.44. The van der Waals surface area contributed by atoms with Crippen LogP contribution in [0.4, 0.5) is 11.4 Å². The van der Waals surface area contributed by atoms with E-state index < -0.39 is 16.1 Å². The Hall–Kier alpha value is -2.71. The first-order valence-electron chi connectivity index (χ1n) is 10.8. The molecule has 0 fully saturated rings. The van der Waals surface area contributed by atoms with Crippen LogP contribution in [0.2, 0.25) is 0 Å². The van der Waals surface area contributed by atoms with Gasteiger partial charge >= 0.3 is 0 Å². The van der Waals surface area contributed by atoms with E-state index in [4.69, 9.17) is 0 Å². The van der Waals surface area contributed by atoms with Crippen LogP contribution in [-0.2, 0) is 26.0 Å². The molecule has 0 bridgehead atoms. The van der Waals surface area contributed by atoms with Crippen molar-refractivity contribution in [2.75, 3.05) is 16.8 Å². The summed E-state index contributed by atoms with van der Waals surface area (Å²) in [6, 6.07) is 9.44. The SMILES string of the molecule is CC(=O)N1CCc2cc(S(=O)(=O)N[C@@H](CC(C)C)C(=O)Nc3cccc(C)c3C)ccc21. The Balaban J connectivity index is 1.84. The highest BCUT2D eigenvalue weighted by molar-refractivity contribution is 7.89. The van der Waals surface area contributed by atoms with Crippen LogP contribution in [0, 0.1) is 19.8 Å². The van der Waals surface area contributed by atoms with Crippen molar-refractivity contribution in [2.24, 2.45) is 5.92 Å². The van der Waals surface area contributed by atoms with Gasteiger partial charge in [-0.2, -0.15) is 4.72 Å². The van der Waals surface area contributed by atoms with Crippen molar-refractivity contribution >= 4 is 33.2 Å². The molecule has 0 unspecified atom stereocenters. The summed E-state index contributed by atoms with van der Waals surface area (Å²) in [5.74, 6) is -0.353. The van der Waals surface area contributed by atoms with E-state index >= 15 is 0 Å². The van der Waals surface area contributed by atoms with Gasteiger partial charge in [-0.05, 0) is 73.6 Å². The van der Waals surface area contributed by atoms with Crippen LogP contribution in [0.1, 0.15) is 43.9 Å². The van der Waals surface area contributed by atoms with Gasteiger partial charge in [-0.3, -0.25) is 9.59 Å². The van der Waals surface area contributed by atoms with E-state index in [-0.39, 0.29) is 22.6 Å². The average molecular weight is 458 g/mol. The predicted molar refractivity (Wildman–Crippen MR) is 126 cm³/mol. The molecule has 0 saturated carbocycles. The number of aryl methyl sites for hydroxylation is 1. The first-order chi connectivity index (χ1) is 15.0. The summed E-state index contributed by atoms with van der Waals surface area (Å²) in [4.78, 5) is 26.5. The number of nitrogens with one attached hydrogen (secondary N) is 2. The number of rotatable bonds is 7. The minimum Gasteiger partial charge on any atom is -0.324 e. The Morgan fingerprint density at radius 3 is 2.50 bits per heavy atom. The fraction of sp³-hybridized carbons (Fsp3) is 0.417. The van der Waals surface area contributed by atoms with E-state index in [1.165, 1.54) is 13.0 Å². The number of benzene rings is 2. The molecular formula is C24H31N3O4S. The Bertz CT molecular complexity index is 1140. The molecule has 0 aromatic heterocycles. The summed E-state index contributed by atoms with van der Waals surface area (Å²) < 4.78 is 28.9. The van der Waals surface area contributed by atoms with Gasteiger partial charge in [-0.25, -0.2) is 8.42 Å². The zero-order chi connectivity index (χ0) is 23.6. The van der Waals surface area contributed by atoms with E-state index in [9.17, 15) is 18.0 Å². The summed E-state index contributed by atoms with van der Waals surface area (Å²) in [6.07, 6.45) is 0.958. The van der Waals surface area contributed by atoms with E-state index in [1.54, 1.807) is 17.0 Å². The number of anilines is 2. The highest BCUT2D eigenvalue weighted by atomic mass is 32.2. The van der Waals surface area contributed by atoms with Gasteiger partial charge in [0.05, 0.1) is 4.90 Å². The summed E-state index contributed by atoms with van der Waals surface area (Å²) in [7, 11) is -3.93. The van der Waals surface area contributed by atoms with Gasteiger partial charge in [-0.1, -0.05) is 26.0 Å². The lowest BCUT2D eigenvalue weighted by molar-refractivity contribution is -0.118. The van der Waals surface area contributed by atoms with Gasteiger partial charge < -0.3 is 10.2 Å². The molecule has 2 N–H and O–H groups in total. The van der Waals surface area contributed by atoms with Gasteiger partial charge in [0.1, 0.15) is 6.04 Å². The van der Waals surface area contributed by atoms with Crippen molar-refractivity contribution in [3.05, 3.63) is 53.1 Å². The maximum atomic E-state index is 13.1. The number of nitrogens with zero attached hydrogens (tertiary/aromatic N) is 1. The molecule has 172 valence electrons. The maximum absolute atomic E-state index is 13.1. The van der Waals surface area contributed by atoms with Crippen molar-refractivity contribution in [2.45, 2.75) is 58.4 Å². The van der Waals surface area contributed by atoms with Gasteiger partial charge in [0, 0.05) is 24.8 Å². The molecule has 2 aromatic carbocycles. The van der Waals surface area contributed by atoms with Crippen molar-refractivity contribution < 1.29 is 18.0 Å². The van der Waals surface area contributed by atoms with Crippen LogP contribution in [-0.4, -0.2) is 32.8 Å². The number of carbonyl (C=O) groups is 2. The van der Waals surface area contributed by atoms with Crippen LogP contribution in [0.25, 0.3) is 0 Å². The van der Waals surface area contributed by atoms with Crippen LogP contribution in [0.15, 0.2) is 41.3 Å². The number of sulfonamides is 1. The fourth-order valence-electron chi connectivity index (χ4n) is 3.91. The third-order valence-electron chi connectivity index (χ3n) is 5.82. The topological polar surface area (TPSA) is 95.6 Å². The molecule has 8 heteroatoms. The zero-order valence-corrected chi connectivity index (χ0v) is 20.0. The molecule has 32 heavy (non-hydrogen) atoms. The van der Waals surface area contributed by atoms with Crippen LogP contribution in [0.3, 0.4) is 0 Å².